The molecule has 4 aromatic rings. The van der Waals surface area contributed by atoms with Gasteiger partial charge in [0.15, 0.2) is 5.82 Å². The molecule has 0 unspecified atom stereocenters. The first-order valence-corrected chi connectivity index (χ1v) is 11.9. The van der Waals surface area contributed by atoms with Crippen LogP contribution in [0.5, 0.6) is 5.75 Å². The van der Waals surface area contributed by atoms with E-state index in [9.17, 15) is 18.8 Å². The van der Waals surface area contributed by atoms with Crippen molar-refractivity contribution in [2.45, 2.75) is 39.7 Å². The second kappa shape index (κ2) is 10.2. The molecule has 2 aromatic heterocycles. The zero-order valence-electron chi connectivity index (χ0n) is 20.8. The first-order chi connectivity index (χ1) is 17.5. The van der Waals surface area contributed by atoms with E-state index in [1.165, 1.54) is 4.57 Å². The van der Waals surface area contributed by atoms with Gasteiger partial charge in [-0.2, -0.15) is 5.26 Å². The Balaban J connectivity index is 1.72. The van der Waals surface area contributed by atoms with Crippen molar-refractivity contribution < 1.29 is 13.5 Å². The fraction of sp³-hybridized carbons (Fsp3) is 0.207. The van der Waals surface area contributed by atoms with Crippen molar-refractivity contribution in [2.24, 2.45) is 0 Å². The average Bonchev–Trinajstić information content (AvgIpc) is 2.87. The molecule has 0 saturated heterocycles. The minimum Gasteiger partial charge on any atom is -0.485 e. The molecule has 5 nitrogen and oxygen atoms in total. The number of rotatable bonds is 6. The lowest BCUT2D eigenvalue weighted by atomic mass is 9.85. The Bertz CT molecular complexity index is 1610. The minimum absolute atomic E-state index is 0.0752. The Morgan fingerprint density at radius 3 is 2.51 bits per heavy atom. The maximum absolute atomic E-state index is 13.9. The maximum atomic E-state index is 13.9. The van der Waals surface area contributed by atoms with E-state index >= 15 is 0 Å². The van der Waals surface area contributed by atoms with Crippen molar-refractivity contribution >= 4 is 11.6 Å². The molecule has 0 fully saturated rings. The van der Waals surface area contributed by atoms with Crippen LogP contribution in [-0.2, 0) is 12.0 Å². The summed E-state index contributed by atoms with van der Waals surface area (Å²) in [5.41, 5.74) is 3.47. The zero-order valence-corrected chi connectivity index (χ0v) is 21.5. The summed E-state index contributed by atoms with van der Waals surface area (Å²) in [4.78, 5) is 17.0. The summed E-state index contributed by atoms with van der Waals surface area (Å²) >= 11 is 6.38. The Kier molecular flexibility index (Phi) is 7.15. The molecule has 0 spiro atoms. The predicted octanol–water partition coefficient (Wildman–Crippen LogP) is 6.83. The molecule has 4 rings (SSSR count). The minimum atomic E-state index is -0.851. The fourth-order valence-corrected chi connectivity index (χ4v) is 4.16. The van der Waals surface area contributed by atoms with Crippen LogP contribution < -0.4 is 10.3 Å². The van der Waals surface area contributed by atoms with Gasteiger partial charge in [0.25, 0.3) is 5.56 Å². The number of ether oxygens (including phenoxy) is 1. The molecule has 0 bridgehead atoms. The van der Waals surface area contributed by atoms with Crippen molar-refractivity contribution in [1.29, 1.82) is 5.26 Å². The van der Waals surface area contributed by atoms with Gasteiger partial charge in [0.05, 0.1) is 23.4 Å². The highest BCUT2D eigenvalue weighted by Gasteiger charge is 2.21. The third kappa shape index (κ3) is 5.25. The molecule has 0 radical (unpaired) electrons. The quantitative estimate of drug-likeness (QED) is 0.280. The Hall–Kier alpha value is -4.02. The normalized spacial score (nSPS) is 11.3. The van der Waals surface area contributed by atoms with Gasteiger partial charge >= 0.3 is 0 Å². The third-order valence-electron chi connectivity index (χ3n) is 6.20. The van der Waals surface area contributed by atoms with E-state index in [4.69, 9.17) is 16.3 Å². The number of benzene rings is 2. The molecule has 37 heavy (non-hydrogen) atoms. The molecule has 8 heteroatoms. The van der Waals surface area contributed by atoms with E-state index in [1.807, 2.05) is 63.2 Å². The molecule has 188 valence electrons. The fourth-order valence-electron chi connectivity index (χ4n) is 3.96. The van der Waals surface area contributed by atoms with E-state index in [0.29, 0.717) is 17.4 Å². The molecule has 0 amide bonds. The van der Waals surface area contributed by atoms with Crippen LogP contribution in [0.3, 0.4) is 0 Å². The van der Waals surface area contributed by atoms with Gasteiger partial charge in [-0.05, 0) is 62.1 Å². The van der Waals surface area contributed by atoms with E-state index in [0.717, 1.165) is 28.5 Å². The molecule has 0 atom stereocenters. The first-order valence-electron chi connectivity index (χ1n) is 11.5. The lowest BCUT2D eigenvalue weighted by Crippen LogP contribution is -2.22. The van der Waals surface area contributed by atoms with E-state index in [1.54, 1.807) is 13.0 Å². The van der Waals surface area contributed by atoms with Gasteiger partial charge in [0, 0.05) is 17.8 Å². The Morgan fingerprint density at radius 2 is 1.81 bits per heavy atom. The molecular weight excluding hydrogens is 496 g/mol. The second-order valence-corrected chi connectivity index (χ2v) is 9.67. The van der Waals surface area contributed by atoms with Gasteiger partial charge in [-0.3, -0.25) is 14.3 Å². The van der Waals surface area contributed by atoms with Crippen LogP contribution in [0.2, 0.25) is 5.02 Å². The lowest BCUT2D eigenvalue weighted by Gasteiger charge is -2.19. The molecule has 0 aliphatic rings. The number of aryl methyl sites for hydroxylation is 2. The third-order valence-corrected chi connectivity index (χ3v) is 6.54. The van der Waals surface area contributed by atoms with Crippen LogP contribution >= 0.6 is 11.6 Å². The van der Waals surface area contributed by atoms with E-state index < -0.39 is 22.6 Å². The number of hydrogen-bond acceptors (Lipinski definition) is 4. The Labute approximate surface area is 218 Å². The van der Waals surface area contributed by atoms with Crippen molar-refractivity contribution in [1.82, 2.24) is 9.55 Å². The summed E-state index contributed by atoms with van der Waals surface area (Å²) in [5, 5.41) is 9.36. The zero-order chi connectivity index (χ0) is 26.9. The SMILES string of the molecule is Cc1ccc(-c2cccc(C(C)(C)C#N)c2)cc1-n1c(C)cc(OCc2ncc(F)cc2F)c(Cl)c1=O. The number of nitriles is 1. The van der Waals surface area contributed by atoms with Crippen LogP contribution in [0.4, 0.5) is 8.78 Å². The Morgan fingerprint density at radius 1 is 1.08 bits per heavy atom. The van der Waals surface area contributed by atoms with Gasteiger partial charge < -0.3 is 4.74 Å². The summed E-state index contributed by atoms with van der Waals surface area (Å²) in [5.74, 6) is -1.57. The van der Waals surface area contributed by atoms with E-state index in [2.05, 4.69) is 11.1 Å². The van der Waals surface area contributed by atoms with Gasteiger partial charge in [0.1, 0.15) is 28.9 Å². The smallest absolute Gasteiger partial charge is 0.277 e. The highest BCUT2D eigenvalue weighted by Crippen LogP contribution is 2.31. The predicted molar refractivity (Wildman–Crippen MR) is 139 cm³/mol. The number of halogens is 3. The summed E-state index contributed by atoms with van der Waals surface area (Å²) < 4.78 is 34.1. The first kappa shape index (κ1) is 26.1. The highest BCUT2D eigenvalue weighted by atomic mass is 35.5. The summed E-state index contributed by atoms with van der Waals surface area (Å²) in [6.45, 7) is 7.03. The van der Waals surface area contributed by atoms with Crippen molar-refractivity contribution in [3.63, 3.8) is 0 Å². The molecule has 0 N–H and O–H groups in total. The van der Waals surface area contributed by atoms with Crippen LogP contribution in [0.25, 0.3) is 16.8 Å². The largest absolute Gasteiger partial charge is 0.485 e. The molecule has 0 aliphatic heterocycles. The van der Waals surface area contributed by atoms with Crippen molar-refractivity contribution in [2.75, 3.05) is 0 Å². The van der Waals surface area contributed by atoms with E-state index in [-0.39, 0.29) is 23.1 Å². The maximum Gasteiger partial charge on any atom is 0.277 e. The van der Waals surface area contributed by atoms with Gasteiger partial charge in [0.2, 0.25) is 0 Å². The van der Waals surface area contributed by atoms with Crippen LogP contribution in [0.15, 0.2) is 65.6 Å². The molecular formula is C29H24ClF2N3O2. The summed E-state index contributed by atoms with van der Waals surface area (Å²) in [6.07, 6.45) is 0.888. The van der Waals surface area contributed by atoms with Crippen molar-refractivity contribution in [3.05, 3.63) is 110 Å². The number of nitrogens with zero attached hydrogens (tertiary/aromatic N) is 3. The second-order valence-electron chi connectivity index (χ2n) is 9.29. The highest BCUT2D eigenvalue weighted by molar-refractivity contribution is 6.31. The molecule has 0 saturated carbocycles. The average molecular weight is 520 g/mol. The lowest BCUT2D eigenvalue weighted by molar-refractivity contribution is 0.292. The molecule has 2 aromatic carbocycles. The summed E-state index contributed by atoms with van der Waals surface area (Å²) in [6, 6.07) is 18.1. The standard InChI is InChI=1S/C29H24ClF2N3O2/c1-17-8-9-20(19-6-5-7-21(11-19)29(3,4)16-33)12-25(17)35-18(2)10-26(27(30)28(35)36)37-15-24-23(32)13-22(31)14-34-24/h5-14H,15H2,1-4H3. The summed E-state index contributed by atoms with van der Waals surface area (Å²) in [7, 11) is 0. The van der Waals surface area contributed by atoms with Crippen LogP contribution in [-0.4, -0.2) is 9.55 Å². The topological polar surface area (TPSA) is 67.9 Å². The number of aromatic nitrogens is 2. The molecule has 2 heterocycles. The van der Waals surface area contributed by atoms with Gasteiger partial charge in [-0.15, -0.1) is 0 Å². The van der Waals surface area contributed by atoms with Crippen LogP contribution in [0, 0.1) is 36.8 Å². The molecule has 0 aliphatic carbocycles. The van der Waals surface area contributed by atoms with Gasteiger partial charge in [-0.1, -0.05) is 41.9 Å². The number of pyridine rings is 2. The van der Waals surface area contributed by atoms with Gasteiger partial charge in [-0.25, -0.2) is 8.78 Å². The van der Waals surface area contributed by atoms with Crippen molar-refractivity contribution in [3.8, 4) is 28.6 Å². The number of hydrogen-bond donors (Lipinski definition) is 0. The van der Waals surface area contributed by atoms with Crippen LogP contribution in [0.1, 0.15) is 36.4 Å². The monoisotopic (exact) mass is 519 g/mol.